The van der Waals surface area contributed by atoms with Crippen molar-refractivity contribution in [3.63, 3.8) is 0 Å². The lowest BCUT2D eigenvalue weighted by Gasteiger charge is -2.07. The summed E-state index contributed by atoms with van der Waals surface area (Å²) in [5.74, 6) is 0.837. The molecular weight excluding hydrogens is 411 g/mol. The highest BCUT2D eigenvalue weighted by molar-refractivity contribution is 6.42. The number of hydrogen-bond acceptors (Lipinski definition) is 4. The van der Waals surface area contributed by atoms with Crippen molar-refractivity contribution >= 4 is 45.9 Å². The van der Waals surface area contributed by atoms with Crippen molar-refractivity contribution in [3.8, 4) is 17.2 Å². The summed E-state index contributed by atoms with van der Waals surface area (Å²) in [6.07, 6.45) is 0. The maximum absolute atomic E-state index is 12.6. The maximum atomic E-state index is 12.6. The Hall–Kier alpha value is -3.02. The quantitative estimate of drug-likeness (QED) is 0.397. The van der Waals surface area contributed by atoms with Crippen LogP contribution in [-0.2, 0) is 0 Å². The van der Waals surface area contributed by atoms with Crippen LogP contribution in [0.1, 0.15) is 17.3 Å². The molecular formula is C22H16Cl2N2O3. The smallest absolute Gasteiger partial charge is 0.255 e. The fraction of sp³-hybridized carbons (Fsp3) is 0.0909. The highest BCUT2D eigenvalue weighted by atomic mass is 35.5. The van der Waals surface area contributed by atoms with Crippen LogP contribution in [0.4, 0.5) is 5.69 Å². The molecule has 1 heterocycles. The van der Waals surface area contributed by atoms with E-state index in [1.165, 1.54) is 0 Å². The van der Waals surface area contributed by atoms with Gasteiger partial charge >= 0.3 is 0 Å². The number of fused-ring (bicyclic) bond motifs is 1. The number of aromatic nitrogens is 1. The zero-order valence-corrected chi connectivity index (χ0v) is 16.9. The molecule has 0 unspecified atom stereocenters. The van der Waals surface area contributed by atoms with Crippen LogP contribution in [0.5, 0.6) is 5.75 Å². The van der Waals surface area contributed by atoms with Crippen LogP contribution in [0, 0.1) is 0 Å². The third kappa shape index (κ3) is 4.21. The summed E-state index contributed by atoms with van der Waals surface area (Å²) < 4.78 is 11.2. The monoisotopic (exact) mass is 426 g/mol. The van der Waals surface area contributed by atoms with Gasteiger partial charge in [-0.2, -0.15) is 0 Å². The van der Waals surface area contributed by atoms with Gasteiger partial charge in [-0.05, 0) is 61.5 Å². The maximum Gasteiger partial charge on any atom is 0.255 e. The van der Waals surface area contributed by atoms with Crippen LogP contribution < -0.4 is 10.1 Å². The normalized spacial score (nSPS) is 10.9. The van der Waals surface area contributed by atoms with Gasteiger partial charge in [-0.25, -0.2) is 4.98 Å². The molecule has 0 spiro atoms. The lowest BCUT2D eigenvalue weighted by molar-refractivity contribution is 0.102. The van der Waals surface area contributed by atoms with Gasteiger partial charge in [-0.3, -0.25) is 4.79 Å². The second kappa shape index (κ2) is 8.15. The zero-order valence-electron chi connectivity index (χ0n) is 15.4. The fourth-order valence-electron chi connectivity index (χ4n) is 2.85. The van der Waals surface area contributed by atoms with E-state index >= 15 is 0 Å². The van der Waals surface area contributed by atoms with Crippen LogP contribution in [0.15, 0.2) is 65.1 Å². The predicted octanol–water partition coefficient (Wildman–Crippen LogP) is 6.45. The van der Waals surface area contributed by atoms with Crippen molar-refractivity contribution < 1.29 is 13.9 Å². The van der Waals surface area contributed by atoms with E-state index in [9.17, 15) is 4.79 Å². The van der Waals surface area contributed by atoms with Gasteiger partial charge in [0.25, 0.3) is 5.91 Å². The SMILES string of the molecule is CCOc1cccc(C(=O)Nc2ccc3oc(-c4ccc(Cl)c(Cl)c4)nc3c2)c1. The van der Waals surface area contributed by atoms with Gasteiger partial charge in [0.05, 0.1) is 16.7 Å². The first-order valence-corrected chi connectivity index (χ1v) is 9.69. The Labute approximate surface area is 177 Å². The number of halogens is 2. The number of carbonyl (C=O) groups is 1. The highest BCUT2D eigenvalue weighted by Gasteiger charge is 2.12. The largest absolute Gasteiger partial charge is 0.494 e. The van der Waals surface area contributed by atoms with Gasteiger partial charge in [0.1, 0.15) is 11.3 Å². The summed E-state index contributed by atoms with van der Waals surface area (Å²) in [7, 11) is 0. The number of anilines is 1. The molecule has 3 aromatic carbocycles. The molecule has 0 bridgehead atoms. The fourth-order valence-corrected chi connectivity index (χ4v) is 3.15. The first kappa shape index (κ1) is 19.3. The van der Waals surface area contributed by atoms with Crippen molar-refractivity contribution in [2.75, 3.05) is 11.9 Å². The molecule has 0 aliphatic heterocycles. The van der Waals surface area contributed by atoms with Crippen LogP contribution in [0.2, 0.25) is 10.0 Å². The Morgan fingerprint density at radius 3 is 2.72 bits per heavy atom. The molecule has 0 saturated heterocycles. The Kier molecular flexibility index (Phi) is 5.43. The minimum Gasteiger partial charge on any atom is -0.494 e. The number of carbonyl (C=O) groups excluding carboxylic acids is 1. The summed E-state index contributed by atoms with van der Waals surface area (Å²) in [6.45, 7) is 2.43. The number of ether oxygens (including phenoxy) is 1. The summed E-state index contributed by atoms with van der Waals surface area (Å²) in [6, 6.07) is 17.5. The van der Waals surface area contributed by atoms with Gasteiger partial charge in [-0.15, -0.1) is 0 Å². The third-order valence-electron chi connectivity index (χ3n) is 4.22. The molecule has 0 aliphatic rings. The van der Waals surface area contributed by atoms with Crippen LogP contribution >= 0.6 is 23.2 Å². The van der Waals surface area contributed by atoms with Gasteiger partial charge in [0, 0.05) is 16.8 Å². The number of nitrogens with one attached hydrogen (secondary N) is 1. The molecule has 4 aromatic rings. The van der Waals surface area contributed by atoms with Gasteiger partial charge < -0.3 is 14.5 Å². The average Bonchev–Trinajstić information content (AvgIpc) is 3.14. The number of oxazole rings is 1. The molecule has 146 valence electrons. The van der Waals surface area contributed by atoms with E-state index < -0.39 is 0 Å². The molecule has 4 rings (SSSR count). The standard InChI is InChI=1S/C22H16Cl2N2O3/c1-2-28-16-5-3-4-13(10-16)21(27)25-15-7-9-20-19(12-15)26-22(29-20)14-6-8-17(23)18(24)11-14/h3-12H,2H2,1H3,(H,25,27). The number of hydrogen-bond donors (Lipinski definition) is 1. The second-order valence-electron chi connectivity index (χ2n) is 6.25. The predicted molar refractivity (Wildman–Crippen MR) is 115 cm³/mol. The molecule has 7 heteroatoms. The summed E-state index contributed by atoms with van der Waals surface area (Å²) in [5.41, 5.74) is 3.05. The van der Waals surface area contributed by atoms with Gasteiger partial charge in [0.2, 0.25) is 5.89 Å². The van der Waals surface area contributed by atoms with Crippen molar-refractivity contribution in [2.24, 2.45) is 0 Å². The topological polar surface area (TPSA) is 64.4 Å². The summed E-state index contributed by atoms with van der Waals surface area (Å²) in [4.78, 5) is 17.1. The first-order chi connectivity index (χ1) is 14.0. The van der Waals surface area contributed by atoms with Crippen LogP contribution in [0.3, 0.4) is 0 Å². The zero-order chi connectivity index (χ0) is 20.4. The van der Waals surface area contributed by atoms with Gasteiger partial charge in [-0.1, -0.05) is 29.3 Å². The molecule has 1 amide bonds. The van der Waals surface area contributed by atoms with Gasteiger partial charge in [0.15, 0.2) is 5.58 Å². The Morgan fingerprint density at radius 2 is 1.93 bits per heavy atom. The second-order valence-corrected chi connectivity index (χ2v) is 7.06. The number of benzene rings is 3. The number of amides is 1. The molecule has 1 aromatic heterocycles. The van der Waals surface area contributed by atoms with E-state index in [-0.39, 0.29) is 5.91 Å². The molecule has 5 nitrogen and oxygen atoms in total. The van der Waals surface area contributed by atoms with Crippen molar-refractivity contribution in [1.82, 2.24) is 4.98 Å². The Balaban J connectivity index is 1.58. The number of rotatable bonds is 5. The number of nitrogens with zero attached hydrogens (tertiary/aromatic N) is 1. The van der Waals surface area contributed by atoms with Crippen LogP contribution in [0.25, 0.3) is 22.6 Å². The van der Waals surface area contributed by atoms with E-state index in [4.69, 9.17) is 32.4 Å². The molecule has 0 radical (unpaired) electrons. The van der Waals surface area contributed by atoms with Crippen LogP contribution in [-0.4, -0.2) is 17.5 Å². The van der Waals surface area contributed by atoms with E-state index in [0.29, 0.717) is 56.2 Å². The summed E-state index contributed by atoms with van der Waals surface area (Å²) in [5, 5.41) is 3.76. The Bertz CT molecular complexity index is 1200. The molecule has 29 heavy (non-hydrogen) atoms. The van der Waals surface area contributed by atoms with E-state index in [1.54, 1.807) is 54.6 Å². The Morgan fingerprint density at radius 1 is 1.07 bits per heavy atom. The molecule has 0 fully saturated rings. The highest BCUT2D eigenvalue weighted by Crippen LogP contribution is 2.31. The average molecular weight is 427 g/mol. The molecule has 0 atom stereocenters. The summed E-state index contributed by atoms with van der Waals surface area (Å²) >= 11 is 12.0. The van der Waals surface area contributed by atoms with E-state index in [1.807, 2.05) is 13.0 Å². The molecule has 1 N–H and O–H groups in total. The van der Waals surface area contributed by atoms with Crippen molar-refractivity contribution in [1.29, 1.82) is 0 Å². The lowest BCUT2D eigenvalue weighted by Crippen LogP contribution is -2.11. The third-order valence-corrected chi connectivity index (χ3v) is 4.96. The molecule has 0 aliphatic carbocycles. The van der Waals surface area contributed by atoms with Crippen molar-refractivity contribution in [2.45, 2.75) is 6.92 Å². The van der Waals surface area contributed by atoms with E-state index in [0.717, 1.165) is 0 Å². The van der Waals surface area contributed by atoms with E-state index in [2.05, 4.69) is 10.3 Å². The molecule has 0 saturated carbocycles. The van der Waals surface area contributed by atoms with Crippen molar-refractivity contribution in [3.05, 3.63) is 76.3 Å². The minimum atomic E-state index is -0.237. The minimum absolute atomic E-state index is 0.237. The lowest BCUT2D eigenvalue weighted by atomic mass is 10.2. The first-order valence-electron chi connectivity index (χ1n) is 8.93.